The first kappa shape index (κ1) is 19.6. The van der Waals surface area contributed by atoms with E-state index in [4.69, 9.17) is 21.1 Å². The maximum atomic E-state index is 6.14. The molecular formula is C24H26ClN3O2. The third-order valence-corrected chi connectivity index (χ3v) is 6.17. The number of nitrogens with zero attached hydrogens (tertiary/aromatic N) is 2. The van der Waals surface area contributed by atoms with Crippen molar-refractivity contribution < 1.29 is 9.47 Å². The van der Waals surface area contributed by atoms with Crippen LogP contribution in [0.5, 0.6) is 5.75 Å². The summed E-state index contributed by atoms with van der Waals surface area (Å²) in [6, 6.07) is 18.6. The maximum absolute atomic E-state index is 6.14. The fraction of sp³-hybridized carbons (Fsp3) is 0.333. The number of para-hydroxylation sites is 1. The van der Waals surface area contributed by atoms with E-state index in [0.717, 1.165) is 49.4 Å². The van der Waals surface area contributed by atoms with E-state index in [1.165, 1.54) is 5.56 Å². The van der Waals surface area contributed by atoms with Gasteiger partial charge >= 0.3 is 0 Å². The molecule has 3 aliphatic rings. The van der Waals surface area contributed by atoms with Gasteiger partial charge in [-0.2, -0.15) is 0 Å². The molecule has 3 aliphatic heterocycles. The standard InChI is InChI=1S/C24H26ClN3O2/c25-19-8-6-18(7-9-19)24-22(17-27-12-14-29-15-13-27)28-16-21(10-11-23(28)26-24)30-20-4-2-1-3-5-20/h1-11,16,22-24,26H,12-15,17H2. The molecule has 0 bridgehead atoms. The summed E-state index contributed by atoms with van der Waals surface area (Å²) >= 11 is 6.14. The van der Waals surface area contributed by atoms with Crippen LogP contribution >= 0.6 is 11.6 Å². The molecule has 2 fully saturated rings. The average molecular weight is 424 g/mol. The zero-order valence-electron chi connectivity index (χ0n) is 16.8. The third-order valence-electron chi connectivity index (χ3n) is 5.92. The minimum Gasteiger partial charge on any atom is -0.456 e. The predicted octanol–water partition coefficient (Wildman–Crippen LogP) is 3.80. The van der Waals surface area contributed by atoms with Crippen molar-refractivity contribution in [1.29, 1.82) is 0 Å². The monoisotopic (exact) mass is 423 g/mol. The van der Waals surface area contributed by atoms with Gasteiger partial charge in [0.2, 0.25) is 0 Å². The normalized spacial score (nSPS) is 26.4. The van der Waals surface area contributed by atoms with E-state index in [-0.39, 0.29) is 18.2 Å². The van der Waals surface area contributed by atoms with Gasteiger partial charge in [0.05, 0.1) is 31.5 Å². The lowest BCUT2D eigenvalue weighted by molar-refractivity contribution is 0.0275. The van der Waals surface area contributed by atoms with E-state index in [1.807, 2.05) is 42.5 Å². The van der Waals surface area contributed by atoms with Gasteiger partial charge in [-0.3, -0.25) is 10.2 Å². The van der Waals surface area contributed by atoms with Crippen molar-refractivity contribution in [2.75, 3.05) is 32.8 Å². The molecule has 0 spiro atoms. The SMILES string of the molecule is Clc1ccc(C2NC3C=CC(Oc4ccccc4)=CN3C2CN2CCOCC2)cc1. The topological polar surface area (TPSA) is 37.0 Å². The number of ether oxygens (including phenoxy) is 2. The molecule has 0 aromatic heterocycles. The molecule has 0 radical (unpaired) electrons. The van der Waals surface area contributed by atoms with E-state index < -0.39 is 0 Å². The number of benzene rings is 2. The second-order valence-electron chi connectivity index (χ2n) is 7.87. The largest absolute Gasteiger partial charge is 0.456 e. The Morgan fingerprint density at radius 3 is 2.57 bits per heavy atom. The number of fused-ring (bicyclic) bond motifs is 1. The van der Waals surface area contributed by atoms with E-state index in [2.05, 4.69) is 45.6 Å². The Morgan fingerprint density at radius 1 is 1.03 bits per heavy atom. The zero-order chi connectivity index (χ0) is 20.3. The van der Waals surface area contributed by atoms with Crippen molar-refractivity contribution in [3.63, 3.8) is 0 Å². The Bertz CT molecular complexity index is 910. The molecule has 5 nitrogen and oxygen atoms in total. The van der Waals surface area contributed by atoms with Gasteiger partial charge in [-0.25, -0.2) is 0 Å². The Kier molecular flexibility index (Phi) is 5.77. The van der Waals surface area contributed by atoms with Crippen molar-refractivity contribution in [3.05, 3.63) is 89.3 Å². The average Bonchev–Trinajstić information content (AvgIpc) is 3.13. The van der Waals surface area contributed by atoms with Crippen LogP contribution in [-0.4, -0.2) is 54.9 Å². The van der Waals surface area contributed by atoms with Gasteiger partial charge in [0.25, 0.3) is 0 Å². The molecular weight excluding hydrogens is 398 g/mol. The maximum Gasteiger partial charge on any atom is 0.143 e. The van der Waals surface area contributed by atoms with Crippen LogP contribution in [0.3, 0.4) is 0 Å². The number of hydrogen-bond donors (Lipinski definition) is 1. The Hall–Kier alpha value is -2.31. The molecule has 2 aromatic carbocycles. The lowest BCUT2D eigenvalue weighted by Gasteiger charge is -2.36. The van der Waals surface area contributed by atoms with Gasteiger partial charge in [-0.1, -0.05) is 41.9 Å². The Balaban J connectivity index is 1.41. The number of nitrogens with one attached hydrogen (secondary N) is 1. The second kappa shape index (κ2) is 8.82. The smallest absolute Gasteiger partial charge is 0.143 e. The molecule has 0 amide bonds. The summed E-state index contributed by atoms with van der Waals surface area (Å²) < 4.78 is 11.7. The fourth-order valence-corrected chi connectivity index (χ4v) is 4.51. The molecule has 0 aliphatic carbocycles. The van der Waals surface area contributed by atoms with Crippen molar-refractivity contribution in [2.24, 2.45) is 0 Å². The van der Waals surface area contributed by atoms with Crippen LogP contribution in [-0.2, 0) is 4.74 Å². The molecule has 5 rings (SSSR count). The van der Waals surface area contributed by atoms with Crippen molar-refractivity contribution in [3.8, 4) is 5.75 Å². The van der Waals surface area contributed by atoms with Crippen LogP contribution < -0.4 is 10.1 Å². The number of morpholine rings is 1. The first-order chi connectivity index (χ1) is 14.8. The summed E-state index contributed by atoms with van der Waals surface area (Å²) in [4.78, 5) is 4.89. The lowest BCUT2D eigenvalue weighted by atomic mass is 9.99. The summed E-state index contributed by atoms with van der Waals surface area (Å²) in [6.07, 6.45) is 6.52. The molecule has 3 unspecified atom stereocenters. The van der Waals surface area contributed by atoms with Gasteiger partial charge in [-0.05, 0) is 42.0 Å². The van der Waals surface area contributed by atoms with Crippen LogP contribution in [0, 0.1) is 0 Å². The van der Waals surface area contributed by atoms with E-state index in [1.54, 1.807) is 0 Å². The molecule has 2 aromatic rings. The molecule has 30 heavy (non-hydrogen) atoms. The summed E-state index contributed by atoms with van der Waals surface area (Å²) in [7, 11) is 0. The highest BCUT2D eigenvalue weighted by Crippen LogP contribution is 2.34. The number of allylic oxidation sites excluding steroid dienone is 1. The highest BCUT2D eigenvalue weighted by atomic mass is 35.5. The van der Waals surface area contributed by atoms with Gasteiger partial charge in [0, 0.05) is 30.9 Å². The Morgan fingerprint density at radius 2 is 1.80 bits per heavy atom. The van der Waals surface area contributed by atoms with E-state index >= 15 is 0 Å². The summed E-state index contributed by atoms with van der Waals surface area (Å²) in [5, 5.41) is 4.55. The van der Waals surface area contributed by atoms with E-state index in [0.29, 0.717) is 0 Å². The minimum atomic E-state index is 0.139. The van der Waals surface area contributed by atoms with Gasteiger partial charge in [-0.15, -0.1) is 0 Å². The molecule has 6 heteroatoms. The molecule has 3 heterocycles. The van der Waals surface area contributed by atoms with Crippen LogP contribution in [0.2, 0.25) is 5.02 Å². The molecule has 156 valence electrons. The minimum absolute atomic E-state index is 0.139. The number of hydrogen-bond acceptors (Lipinski definition) is 5. The summed E-state index contributed by atoms with van der Waals surface area (Å²) in [5.74, 6) is 1.70. The first-order valence-electron chi connectivity index (χ1n) is 10.5. The zero-order valence-corrected chi connectivity index (χ0v) is 17.5. The molecule has 1 N–H and O–H groups in total. The lowest BCUT2D eigenvalue weighted by Crippen LogP contribution is -2.46. The quantitative estimate of drug-likeness (QED) is 0.791. The highest BCUT2D eigenvalue weighted by molar-refractivity contribution is 6.30. The molecule has 0 saturated carbocycles. The highest BCUT2D eigenvalue weighted by Gasteiger charge is 2.41. The Labute approximate surface area is 182 Å². The molecule has 2 saturated heterocycles. The van der Waals surface area contributed by atoms with Crippen LogP contribution in [0.4, 0.5) is 0 Å². The van der Waals surface area contributed by atoms with Crippen molar-refractivity contribution in [1.82, 2.24) is 15.1 Å². The van der Waals surface area contributed by atoms with Crippen molar-refractivity contribution >= 4 is 11.6 Å². The summed E-state index contributed by atoms with van der Waals surface area (Å²) in [6.45, 7) is 4.49. The number of halogens is 1. The van der Waals surface area contributed by atoms with Crippen molar-refractivity contribution in [2.45, 2.75) is 18.2 Å². The fourth-order valence-electron chi connectivity index (χ4n) is 4.39. The second-order valence-corrected chi connectivity index (χ2v) is 8.31. The molecule has 3 atom stereocenters. The predicted molar refractivity (Wildman–Crippen MR) is 118 cm³/mol. The van der Waals surface area contributed by atoms with Gasteiger partial charge in [0.1, 0.15) is 11.5 Å². The van der Waals surface area contributed by atoms with Gasteiger partial charge in [0.15, 0.2) is 0 Å². The van der Waals surface area contributed by atoms with Crippen LogP contribution in [0.1, 0.15) is 11.6 Å². The third kappa shape index (κ3) is 4.25. The first-order valence-corrected chi connectivity index (χ1v) is 10.9. The van der Waals surface area contributed by atoms with Gasteiger partial charge < -0.3 is 14.4 Å². The van der Waals surface area contributed by atoms with Crippen LogP contribution in [0.25, 0.3) is 0 Å². The summed E-state index contributed by atoms with van der Waals surface area (Å²) in [5.41, 5.74) is 1.25. The van der Waals surface area contributed by atoms with Crippen LogP contribution in [0.15, 0.2) is 78.7 Å². The van der Waals surface area contributed by atoms with E-state index in [9.17, 15) is 0 Å². The number of rotatable bonds is 5.